The van der Waals surface area contributed by atoms with E-state index in [-0.39, 0.29) is 23.6 Å². The minimum absolute atomic E-state index is 0.143. The van der Waals surface area contributed by atoms with Gasteiger partial charge in [-0.25, -0.2) is 0 Å². The zero-order valence-corrected chi connectivity index (χ0v) is 16.2. The molecule has 0 aliphatic heterocycles. The van der Waals surface area contributed by atoms with Crippen LogP contribution in [-0.2, 0) is 4.79 Å². The molecule has 3 aromatic rings. The average Bonchev–Trinajstić information content (AvgIpc) is 3.21. The first kappa shape index (κ1) is 19.1. The maximum absolute atomic E-state index is 12.7. The maximum Gasteiger partial charge on any atom is 0.253 e. The lowest BCUT2D eigenvalue weighted by Crippen LogP contribution is -2.28. The Morgan fingerprint density at radius 3 is 2.59 bits per heavy atom. The van der Waals surface area contributed by atoms with Crippen LogP contribution in [0.25, 0.3) is 0 Å². The molecular weight excluding hydrogens is 380 g/mol. The van der Waals surface area contributed by atoms with E-state index in [9.17, 15) is 9.59 Å². The SMILES string of the molecule is C[C@@H](NC(=O)c1ccccc1NC(=O)CSc1nncs1)c1ccccc1. The van der Waals surface area contributed by atoms with Crippen LogP contribution in [0.4, 0.5) is 5.69 Å². The largest absolute Gasteiger partial charge is 0.345 e. The summed E-state index contributed by atoms with van der Waals surface area (Å²) in [4.78, 5) is 24.9. The third-order valence-corrected chi connectivity index (χ3v) is 5.62. The molecule has 0 saturated carbocycles. The Morgan fingerprint density at radius 1 is 1.11 bits per heavy atom. The second-order valence-corrected chi connectivity index (χ2v) is 7.75. The predicted octanol–water partition coefficient (Wildman–Crippen LogP) is 3.76. The lowest BCUT2D eigenvalue weighted by molar-refractivity contribution is -0.113. The van der Waals surface area contributed by atoms with Crippen LogP contribution in [0.15, 0.2) is 64.4 Å². The number of hydrogen-bond acceptors (Lipinski definition) is 6. The van der Waals surface area contributed by atoms with Gasteiger partial charge < -0.3 is 10.6 Å². The highest BCUT2D eigenvalue weighted by Gasteiger charge is 2.16. The Hall–Kier alpha value is -2.71. The number of hydrogen-bond donors (Lipinski definition) is 2. The number of rotatable bonds is 7. The van der Waals surface area contributed by atoms with Gasteiger partial charge in [0.1, 0.15) is 5.51 Å². The number of para-hydroxylation sites is 1. The summed E-state index contributed by atoms with van der Waals surface area (Å²) in [6.45, 7) is 1.92. The van der Waals surface area contributed by atoms with E-state index in [2.05, 4.69) is 20.8 Å². The van der Waals surface area contributed by atoms with Crippen LogP contribution in [-0.4, -0.2) is 27.8 Å². The molecule has 2 N–H and O–H groups in total. The van der Waals surface area contributed by atoms with Gasteiger partial charge in [-0.2, -0.15) is 0 Å². The molecule has 0 radical (unpaired) electrons. The minimum atomic E-state index is -0.237. The lowest BCUT2D eigenvalue weighted by Gasteiger charge is -2.16. The number of benzene rings is 2. The monoisotopic (exact) mass is 398 g/mol. The summed E-state index contributed by atoms with van der Waals surface area (Å²) in [6.07, 6.45) is 0. The van der Waals surface area contributed by atoms with Crippen LogP contribution >= 0.6 is 23.1 Å². The number of amides is 2. The molecule has 2 aromatic carbocycles. The van der Waals surface area contributed by atoms with E-state index in [0.29, 0.717) is 11.3 Å². The molecular formula is C19H18N4O2S2. The van der Waals surface area contributed by atoms with Crippen LogP contribution < -0.4 is 10.6 Å². The van der Waals surface area contributed by atoms with E-state index in [1.807, 2.05) is 37.3 Å². The van der Waals surface area contributed by atoms with Crippen molar-refractivity contribution in [1.82, 2.24) is 15.5 Å². The van der Waals surface area contributed by atoms with Crippen molar-refractivity contribution in [2.24, 2.45) is 0 Å². The molecule has 1 aromatic heterocycles. The summed E-state index contributed by atoms with van der Waals surface area (Å²) in [7, 11) is 0. The van der Waals surface area contributed by atoms with Gasteiger partial charge in [0, 0.05) is 0 Å². The smallest absolute Gasteiger partial charge is 0.253 e. The standard InChI is InChI=1S/C19H18N4O2S2/c1-13(14-7-3-2-4-8-14)21-18(25)15-9-5-6-10-16(15)22-17(24)11-26-19-23-20-12-27-19/h2-10,12-13H,11H2,1H3,(H,21,25)(H,22,24)/t13-/m1/s1. The Morgan fingerprint density at radius 2 is 1.85 bits per heavy atom. The highest BCUT2D eigenvalue weighted by atomic mass is 32.2. The molecule has 3 rings (SSSR count). The Labute approximate surface area is 165 Å². The predicted molar refractivity (Wildman–Crippen MR) is 108 cm³/mol. The molecule has 6 nitrogen and oxygen atoms in total. The van der Waals surface area contributed by atoms with Crippen molar-refractivity contribution >= 4 is 40.6 Å². The first-order chi connectivity index (χ1) is 13.1. The van der Waals surface area contributed by atoms with Gasteiger partial charge in [-0.05, 0) is 24.6 Å². The Kier molecular flexibility index (Phi) is 6.56. The number of carbonyl (C=O) groups excluding carboxylic acids is 2. The van der Waals surface area contributed by atoms with Crippen molar-refractivity contribution in [1.29, 1.82) is 0 Å². The number of nitrogens with zero attached hydrogens (tertiary/aromatic N) is 2. The van der Waals surface area contributed by atoms with Crippen molar-refractivity contribution in [3.8, 4) is 0 Å². The lowest BCUT2D eigenvalue weighted by atomic mass is 10.1. The van der Waals surface area contributed by atoms with Gasteiger partial charge >= 0.3 is 0 Å². The molecule has 8 heteroatoms. The molecule has 2 amide bonds. The van der Waals surface area contributed by atoms with Gasteiger partial charge in [-0.15, -0.1) is 10.2 Å². The van der Waals surface area contributed by atoms with E-state index >= 15 is 0 Å². The van der Waals surface area contributed by atoms with Crippen molar-refractivity contribution in [2.75, 3.05) is 11.1 Å². The highest BCUT2D eigenvalue weighted by molar-refractivity contribution is 8.01. The minimum Gasteiger partial charge on any atom is -0.345 e. The summed E-state index contributed by atoms with van der Waals surface area (Å²) in [6, 6.07) is 16.5. The number of carbonyl (C=O) groups is 2. The van der Waals surface area contributed by atoms with Crippen molar-refractivity contribution in [3.05, 3.63) is 71.2 Å². The van der Waals surface area contributed by atoms with E-state index < -0.39 is 0 Å². The van der Waals surface area contributed by atoms with Crippen LogP contribution in [0.1, 0.15) is 28.9 Å². The number of thioether (sulfide) groups is 1. The molecule has 1 heterocycles. The fraction of sp³-hybridized carbons (Fsp3) is 0.158. The second-order valence-electron chi connectivity index (χ2n) is 5.69. The number of aromatic nitrogens is 2. The maximum atomic E-state index is 12.7. The molecule has 138 valence electrons. The fourth-order valence-electron chi connectivity index (χ4n) is 2.43. The summed E-state index contributed by atoms with van der Waals surface area (Å²) >= 11 is 2.69. The Bertz CT molecular complexity index is 901. The number of nitrogens with one attached hydrogen (secondary N) is 2. The second kappa shape index (κ2) is 9.29. The van der Waals surface area contributed by atoms with Crippen molar-refractivity contribution in [2.45, 2.75) is 17.3 Å². The van der Waals surface area contributed by atoms with E-state index in [1.165, 1.54) is 23.1 Å². The summed E-state index contributed by atoms with van der Waals surface area (Å²) in [5.74, 6) is -0.239. The van der Waals surface area contributed by atoms with E-state index in [1.54, 1.807) is 29.8 Å². The van der Waals surface area contributed by atoms with Gasteiger partial charge in [-0.1, -0.05) is 65.6 Å². The van der Waals surface area contributed by atoms with Gasteiger partial charge in [0.2, 0.25) is 5.91 Å². The van der Waals surface area contributed by atoms with Gasteiger partial charge in [0.05, 0.1) is 23.0 Å². The van der Waals surface area contributed by atoms with Crippen LogP contribution in [0.2, 0.25) is 0 Å². The van der Waals surface area contributed by atoms with Crippen LogP contribution in [0.5, 0.6) is 0 Å². The zero-order chi connectivity index (χ0) is 19.1. The molecule has 0 saturated heterocycles. The molecule has 0 aliphatic rings. The van der Waals surface area contributed by atoms with Gasteiger partial charge in [0.15, 0.2) is 4.34 Å². The van der Waals surface area contributed by atoms with Gasteiger partial charge in [-0.3, -0.25) is 9.59 Å². The van der Waals surface area contributed by atoms with Crippen LogP contribution in [0.3, 0.4) is 0 Å². The molecule has 0 bridgehead atoms. The first-order valence-corrected chi connectivity index (χ1v) is 10.1. The summed E-state index contributed by atoms with van der Waals surface area (Å²) in [5.41, 5.74) is 3.54. The third-order valence-electron chi connectivity index (χ3n) is 3.76. The average molecular weight is 399 g/mol. The summed E-state index contributed by atoms with van der Waals surface area (Å²) < 4.78 is 0.730. The fourth-order valence-corrected chi connectivity index (χ4v) is 3.72. The van der Waals surface area contributed by atoms with E-state index in [4.69, 9.17) is 0 Å². The molecule has 27 heavy (non-hydrogen) atoms. The topological polar surface area (TPSA) is 84.0 Å². The van der Waals surface area contributed by atoms with Gasteiger partial charge in [0.25, 0.3) is 5.91 Å². The van der Waals surface area contributed by atoms with E-state index in [0.717, 1.165) is 9.90 Å². The normalized spacial score (nSPS) is 11.6. The molecule has 0 fully saturated rings. The molecule has 0 aliphatic carbocycles. The quantitative estimate of drug-likeness (QED) is 0.592. The van der Waals surface area contributed by atoms with Crippen LogP contribution in [0, 0.1) is 0 Å². The highest BCUT2D eigenvalue weighted by Crippen LogP contribution is 2.21. The molecule has 0 unspecified atom stereocenters. The molecule has 1 atom stereocenters. The Balaban J connectivity index is 1.64. The van der Waals surface area contributed by atoms with Crippen molar-refractivity contribution in [3.63, 3.8) is 0 Å². The third kappa shape index (κ3) is 5.38. The molecule has 0 spiro atoms. The first-order valence-electron chi connectivity index (χ1n) is 8.27. The van der Waals surface area contributed by atoms with Crippen molar-refractivity contribution < 1.29 is 9.59 Å². The summed E-state index contributed by atoms with van der Waals surface area (Å²) in [5, 5.41) is 13.4. The zero-order valence-electron chi connectivity index (χ0n) is 14.6. The number of anilines is 1.